The van der Waals surface area contributed by atoms with E-state index >= 15 is 0 Å². The quantitative estimate of drug-likeness (QED) is 0.671. The van der Waals surface area contributed by atoms with Crippen molar-refractivity contribution in [3.05, 3.63) is 76.5 Å². The van der Waals surface area contributed by atoms with E-state index in [1.54, 1.807) is 16.7 Å². The Morgan fingerprint density at radius 1 is 1.10 bits per heavy atom. The normalized spacial score (nSPS) is 13.3. The Morgan fingerprint density at radius 3 is 2.41 bits per heavy atom. The molecule has 4 rings (SSSR count). The maximum atomic E-state index is 12.9. The molecule has 7 heteroatoms. The zero-order valence-corrected chi connectivity index (χ0v) is 16.7. The third-order valence-corrected chi connectivity index (χ3v) is 5.08. The molecule has 0 aliphatic heterocycles. The number of benzene rings is 2. The molecule has 0 spiro atoms. The van der Waals surface area contributed by atoms with Gasteiger partial charge in [0.05, 0.1) is 12.2 Å². The molecule has 1 aliphatic carbocycles. The molecule has 2 aromatic carbocycles. The molecule has 150 valence electrons. The van der Waals surface area contributed by atoms with E-state index in [-0.39, 0.29) is 11.6 Å². The largest absolute Gasteiger partial charge is 0.378 e. The van der Waals surface area contributed by atoms with Gasteiger partial charge in [-0.1, -0.05) is 18.2 Å². The molecule has 0 bridgehead atoms. The molecular weight excluding hydrogens is 366 g/mol. The molecule has 1 aliphatic rings. The average Bonchev–Trinajstić information content (AvgIpc) is 3.53. The average molecular weight is 391 g/mol. The molecule has 1 amide bonds. The molecule has 7 nitrogen and oxygen atoms in total. The summed E-state index contributed by atoms with van der Waals surface area (Å²) < 4.78 is 3.15. The van der Waals surface area contributed by atoms with Crippen LogP contribution in [-0.2, 0) is 6.54 Å². The lowest BCUT2D eigenvalue weighted by atomic mass is 10.2. The smallest absolute Gasteiger partial charge is 0.350 e. The van der Waals surface area contributed by atoms with Gasteiger partial charge in [-0.05, 0) is 49.2 Å². The maximum absolute atomic E-state index is 12.9. The van der Waals surface area contributed by atoms with Crippen LogP contribution in [-0.4, -0.2) is 40.9 Å². The first-order chi connectivity index (χ1) is 14.0. The van der Waals surface area contributed by atoms with E-state index in [1.165, 1.54) is 4.68 Å². The minimum Gasteiger partial charge on any atom is -0.378 e. The van der Waals surface area contributed by atoms with E-state index in [1.807, 2.05) is 61.5 Å². The van der Waals surface area contributed by atoms with Crippen molar-refractivity contribution in [2.45, 2.75) is 25.3 Å². The molecule has 1 saturated carbocycles. The van der Waals surface area contributed by atoms with Gasteiger partial charge < -0.3 is 10.2 Å². The summed E-state index contributed by atoms with van der Waals surface area (Å²) in [5.74, 6) is 0.994. The van der Waals surface area contributed by atoms with Crippen LogP contribution in [0, 0.1) is 0 Å². The third kappa shape index (κ3) is 4.08. The first kappa shape index (κ1) is 19.0. The number of carbonyl (C=O) groups excluding carboxylic acids is 1. The number of amides is 1. The Balaban J connectivity index is 1.45. The monoisotopic (exact) mass is 391 g/mol. The van der Waals surface area contributed by atoms with Crippen molar-refractivity contribution in [3.63, 3.8) is 0 Å². The van der Waals surface area contributed by atoms with E-state index in [9.17, 15) is 9.59 Å². The molecule has 0 atom stereocenters. The first-order valence-electron chi connectivity index (χ1n) is 9.85. The topological polar surface area (TPSA) is 72.2 Å². The molecule has 1 aromatic heterocycles. The van der Waals surface area contributed by atoms with Crippen molar-refractivity contribution >= 4 is 11.6 Å². The van der Waals surface area contributed by atoms with Gasteiger partial charge in [0.25, 0.3) is 5.91 Å². The summed E-state index contributed by atoms with van der Waals surface area (Å²) in [5.41, 5.74) is 2.29. The van der Waals surface area contributed by atoms with Gasteiger partial charge in [0.2, 0.25) is 0 Å². The zero-order chi connectivity index (χ0) is 20.4. The molecule has 29 heavy (non-hydrogen) atoms. The lowest BCUT2D eigenvalue weighted by molar-refractivity contribution is 0.0952. The minimum absolute atomic E-state index is 0.159. The lowest BCUT2D eigenvalue weighted by Gasteiger charge is -2.12. The molecule has 1 fully saturated rings. The van der Waals surface area contributed by atoms with Gasteiger partial charge in [-0.3, -0.25) is 4.79 Å². The van der Waals surface area contributed by atoms with Gasteiger partial charge in [0, 0.05) is 37.8 Å². The fourth-order valence-corrected chi connectivity index (χ4v) is 3.28. The number of nitrogens with zero attached hydrogens (tertiary/aromatic N) is 4. The molecule has 1 heterocycles. The van der Waals surface area contributed by atoms with Crippen LogP contribution in [0.15, 0.2) is 59.4 Å². The number of rotatable bonds is 7. The number of aromatic nitrogens is 3. The number of hydrogen-bond donors (Lipinski definition) is 1. The van der Waals surface area contributed by atoms with Crippen LogP contribution >= 0.6 is 0 Å². The Labute approximate surface area is 169 Å². The van der Waals surface area contributed by atoms with Crippen LogP contribution in [0.4, 0.5) is 5.69 Å². The highest BCUT2D eigenvalue weighted by molar-refractivity contribution is 5.94. The van der Waals surface area contributed by atoms with E-state index in [0.29, 0.717) is 24.6 Å². The van der Waals surface area contributed by atoms with Gasteiger partial charge in [-0.2, -0.15) is 5.10 Å². The Hall–Kier alpha value is -3.35. The number of nitrogens with one attached hydrogen (secondary N) is 1. The Kier molecular flexibility index (Phi) is 5.20. The Bertz CT molecular complexity index is 1050. The van der Waals surface area contributed by atoms with Crippen molar-refractivity contribution in [1.82, 2.24) is 19.7 Å². The van der Waals surface area contributed by atoms with E-state index in [4.69, 9.17) is 0 Å². The van der Waals surface area contributed by atoms with Crippen molar-refractivity contribution in [2.24, 2.45) is 0 Å². The maximum Gasteiger partial charge on any atom is 0.350 e. The molecule has 0 unspecified atom stereocenters. The van der Waals surface area contributed by atoms with Crippen LogP contribution in [0.5, 0.6) is 0 Å². The van der Waals surface area contributed by atoms with E-state index in [2.05, 4.69) is 10.4 Å². The highest BCUT2D eigenvalue weighted by Crippen LogP contribution is 2.39. The van der Waals surface area contributed by atoms with Gasteiger partial charge in [0.1, 0.15) is 5.82 Å². The van der Waals surface area contributed by atoms with Crippen LogP contribution < -0.4 is 15.9 Å². The van der Waals surface area contributed by atoms with Crippen molar-refractivity contribution in [3.8, 4) is 5.69 Å². The minimum atomic E-state index is -0.164. The van der Waals surface area contributed by atoms with Crippen molar-refractivity contribution < 1.29 is 4.79 Å². The fraction of sp³-hybridized carbons (Fsp3) is 0.318. The van der Waals surface area contributed by atoms with Crippen LogP contribution in [0.3, 0.4) is 0 Å². The summed E-state index contributed by atoms with van der Waals surface area (Å²) in [6, 6.07) is 17.0. The van der Waals surface area contributed by atoms with Crippen LogP contribution in [0.25, 0.3) is 5.69 Å². The number of para-hydroxylation sites is 1. The summed E-state index contributed by atoms with van der Waals surface area (Å²) in [4.78, 5) is 27.3. The van der Waals surface area contributed by atoms with Crippen molar-refractivity contribution in [1.29, 1.82) is 0 Å². The number of carbonyl (C=O) groups is 1. The molecule has 0 saturated heterocycles. The standard InChI is InChI=1S/C22H25N5O2/c1-25(2)18-12-10-17(11-13-18)21(28)23-14-15-26-22(29)27(19-6-4-3-5-7-19)20(24-26)16-8-9-16/h3-7,10-13,16H,8-9,14-15H2,1-2H3,(H,23,28). The highest BCUT2D eigenvalue weighted by Gasteiger charge is 2.31. The van der Waals surface area contributed by atoms with Gasteiger partial charge in [-0.25, -0.2) is 14.0 Å². The molecule has 0 radical (unpaired) electrons. The lowest BCUT2D eigenvalue weighted by Crippen LogP contribution is -2.32. The van der Waals surface area contributed by atoms with Crippen LogP contribution in [0.1, 0.15) is 34.9 Å². The number of hydrogen-bond acceptors (Lipinski definition) is 4. The summed E-state index contributed by atoms with van der Waals surface area (Å²) in [6.45, 7) is 0.671. The van der Waals surface area contributed by atoms with E-state index < -0.39 is 0 Å². The second-order valence-electron chi connectivity index (χ2n) is 7.51. The zero-order valence-electron chi connectivity index (χ0n) is 16.7. The van der Waals surface area contributed by atoms with Gasteiger partial charge >= 0.3 is 5.69 Å². The molecule has 1 N–H and O–H groups in total. The summed E-state index contributed by atoms with van der Waals surface area (Å²) in [7, 11) is 3.91. The molecular formula is C22H25N5O2. The predicted octanol–water partition coefficient (Wildman–Crippen LogP) is 2.41. The van der Waals surface area contributed by atoms with Crippen LogP contribution in [0.2, 0.25) is 0 Å². The van der Waals surface area contributed by atoms with E-state index in [0.717, 1.165) is 30.0 Å². The number of anilines is 1. The predicted molar refractivity (Wildman–Crippen MR) is 113 cm³/mol. The Morgan fingerprint density at radius 2 is 1.79 bits per heavy atom. The van der Waals surface area contributed by atoms with Gasteiger partial charge in [-0.15, -0.1) is 0 Å². The fourth-order valence-electron chi connectivity index (χ4n) is 3.28. The molecule has 3 aromatic rings. The first-order valence-corrected chi connectivity index (χ1v) is 9.85. The second kappa shape index (κ2) is 7.95. The second-order valence-corrected chi connectivity index (χ2v) is 7.51. The SMILES string of the molecule is CN(C)c1ccc(C(=O)NCCn2nc(C3CC3)n(-c3ccccc3)c2=O)cc1. The van der Waals surface area contributed by atoms with Gasteiger partial charge in [0.15, 0.2) is 0 Å². The summed E-state index contributed by atoms with van der Waals surface area (Å²) >= 11 is 0. The summed E-state index contributed by atoms with van der Waals surface area (Å²) in [5, 5.41) is 7.43. The third-order valence-electron chi connectivity index (χ3n) is 5.08. The highest BCUT2D eigenvalue weighted by atomic mass is 16.2. The van der Waals surface area contributed by atoms with Crippen molar-refractivity contribution in [2.75, 3.05) is 25.5 Å². The summed E-state index contributed by atoms with van der Waals surface area (Å²) in [6.07, 6.45) is 2.12.